The van der Waals surface area contributed by atoms with Crippen molar-refractivity contribution in [3.05, 3.63) is 107 Å². The van der Waals surface area contributed by atoms with Crippen molar-refractivity contribution in [3.8, 4) is 23.2 Å². The second kappa shape index (κ2) is 12.1. The number of aliphatic hydroxyl groups excluding tert-OH is 1. The molecule has 5 aromatic rings. The number of rotatable bonds is 10. The lowest BCUT2D eigenvalue weighted by molar-refractivity contribution is -0.0424. The molecule has 2 aromatic heterocycles. The molecule has 0 aliphatic carbocycles. The number of ether oxygens (including phenoxy) is 2. The van der Waals surface area contributed by atoms with Gasteiger partial charge in [0.05, 0.1) is 35.0 Å². The Balaban J connectivity index is 1.36. The van der Waals surface area contributed by atoms with Crippen LogP contribution in [-0.2, 0) is 24.3 Å². The van der Waals surface area contributed by atoms with Crippen molar-refractivity contribution in [2.75, 3.05) is 19.5 Å². The Morgan fingerprint density at radius 2 is 1.90 bits per heavy atom. The minimum Gasteiger partial charge on any atom is -0.473 e. The zero-order valence-electron chi connectivity index (χ0n) is 22.3. The fourth-order valence-corrected chi connectivity index (χ4v) is 4.59. The number of nitrogens with two attached hydrogens (primary N) is 1. The number of nitriles is 1. The summed E-state index contributed by atoms with van der Waals surface area (Å²) >= 11 is 0. The molecule has 0 unspecified atom stereocenters. The summed E-state index contributed by atoms with van der Waals surface area (Å²) in [6, 6.07) is 22.3. The Bertz CT molecular complexity index is 1750. The van der Waals surface area contributed by atoms with Crippen molar-refractivity contribution < 1.29 is 24.1 Å². The van der Waals surface area contributed by atoms with Gasteiger partial charge < -0.3 is 30.0 Å². The molecular formula is C31H28FN5O4. The van der Waals surface area contributed by atoms with E-state index in [9.17, 15) is 14.6 Å². The summed E-state index contributed by atoms with van der Waals surface area (Å²) in [6.07, 6.45) is -1.08. The highest BCUT2D eigenvalue weighted by molar-refractivity contribution is 5.77. The van der Waals surface area contributed by atoms with Crippen LogP contribution in [0.5, 0.6) is 5.88 Å². The first-order valence-corrected chi connectivity index (χ1v) is 12.9. The number of pyridine rings is 1. The first kappa shape index (κ1) is 27.7. The largest absolute Gasteiger partial charge is 0.473 e. The van der Waals surface area contributed by atoms with Crippen LogP contribution in [0.15, 0.2) is 72.8 Å². The van der Waals surface area contributed by atoms with Gasteiger partial charge >= 0.3 is 0 Å². The molecule has 0 spiro atoms. The number of aromatic nitrogens is 3. The molecule has 0 bridgehead atoms. The third-order valence-corrected chi connectivity index (χ3v) is 6.70. The quantitative estimate of drug-likeness (QED) is 0.170. The maximum absolute atomic E-state index is 14.2. The van der Waals surface area contributed by atoms with Crippen LogP contribution >= 0.6 is 0 Å². The van der Waals surface area contributed by atoms with Crippen LogP contribution in [-0.4, -0.2) is 38.5 Å². The molecule has 41 heavy (non-hydrogen) atoms. The lowest BCUT2D eigenvalue weighted by atomic mass is 10.0. The minimum atomic E-state index is -1.57. The summed E-state index contributed by atoms with van der Waals surface area (Å²) in [4.78, 5) is 9.32. The predicted molar refractivity (Wildman–Crippen MR) is 151 cm³/mol. The van der Waals surface area contributed by atoms with E-state index in [0.29, 0.717) is 48.0 Å². The van der Waals surface area contributed by atoms with Crippen molar-refractivity contribution in [1.82, 2.24) is 14.5 Å². The third kappa shape index (κ3) is 6.18. The van der Waals surface area contributed by atoms with Crippen LogP contribution < -0.4 is 10.5 Å². The topological polar surface area (TPSA) is 139 Å². The molecule has 0 aliphatic heterocycles. The average molecular weight is 554 g/mol. The summed E-state index contributed by atoms with van der Waals surface area (Å²) in [5.41, 5.74) is 11.7. The Morgan fingerprint density at radius 3 is 2.63 bits per heavy atom. The molecule has 9 nitrogen and oxygen atoms in total. The molecule has 0 aliphatic rings. The van der Waals surface area contributed by atoms with Crippen LogP contribution in [0.3, 0.4) is 0 Å². The van der Waals surface area contributed by atoms with Gasteiger partial charge in [0.1, 0.15) is 18.2 Å². The van der Waals surface area contributed by atoms with Gasteiger partial charge in [0.15, 0.2) is 6.29 Å². The molecule has 2 heterocycles. The lowest BCUT2D eigenvalue weighted by Gasteiger charge is -2.12. The van der Waals surface area contributed by atoms with Gasteiger partial charge in [-0.1, -0.05) is 30.3 Å². The van der Waals surface area contributed by atoms with E-state index < -0.39 is 12.1 Å². The molecule has 0 amide bonds. The van der Waals surface area contributed by atoms with Gasteiger partial charge in [-0.05, 0) is 42.0 Å². The Morgan fingerprint density at radius 1 is 1.05 bits per heavy atom. The van der Waals surface area contributed by atoms with Crippen molar-refractivity contribution >= 4 is 16.7 Å². The summed E-state index contributed by atoms with van der Waals surface area (Å²) in [6.45, 7) is 0.975. The SMILES string of the molecule is COCCn1c(Cc2ccc(-c3cccc(OCc4ccc(C#N)cc4F)n3)c(N)c2)nc2ccc(C(O)O)cc21. The van der Waals surface area contributed by atoms with Gasteiger partial charge in [-0.15, -0.1) is 0 Å². The molecular weight excluding hydrogens is 525 g/mol. The second-order valence-corrected chi connectivity index (χ2v) is 9.46. The van der Waals surface area contributed by atoms with Crippen molar-refractivity contribution in [2.45, 2.75) is 25.9 Å². The average Bonchev–Trinajstić information content (AvgIpc) is 3.31. The Kier molecular flexibility index (Phi) is 8.21. The smallest absolute Gasteiger partial charge is 0.214 e. The standard InChI is InChI=1S/C31H28FN5O4/c1-40-12-11-37-28-16-21(31(38)39)8-10-27(28)35-29(37)15-19-6-9-23(25(34)14-19)26-3-2-4-30(36-26)41-18-22-7-5-20(17-33)13-24(22)32/h2-10,13-14,16,31,38-39H,11-12,15,18,34H2,1H3. The zero-order chi connectivity index (χ0) is 28.9. The van der Waals surface area contributed by atoms with Crippen LogP contribution in [0.25, 0.3) is 22.3 Å². The van der Waals surface area contributed by atoms with Crippen LogP contribution in [0.2, 0.25) is 0 Å². The number of fused-ring (bicyclic) bond motifs is 1. The highest BCUT2D eigenvalue weighted by Gasteiger charge is 2.15. The minimum absolute atomic E-state index is 0.0365. The van der Waals surface area contributed by atoms with E-state index in [0.717, 1.165) is 28.0 Å². The highest BCUT2D eigenvalue weighted by Crippen LogP contribution is 2.29. The van der Waals surface area contributed by atoms with Crippen molar-refractivity contribution in [1.29, 1.82) is 5.26 Å². The number of methoxy groups -OCH3 is 1. The van der Waals surface area contributed by atoms with E-state index in [1.807, 2.05) is 34.9 Å². The van der Waals surface area contributed by atoms with Gasteiger partial charge in [0.25, 0.3) is 0 Å². The number of aliphatic hydroxyl groups is 2. The number of hydrogen-bond acceptors (Lipinski definition) is 8. The normalized spacial score (nSPS) is 11.2. The van der Waals surface area contributed by atoms with Gasteiger partial charge in [0, 0.05) is 48.5 Å². The maximum Gasteiger partial charge on any atom is 0.214 e. The van der Waals surface area contributed by atoms with E-state index in [-0.39, 0.29) is 12.2 Å². The van der Waals surface area contributed by atoms with Crippen LogP contribution in [0.4, 0.5) is 10.1 Å². The van der Waals surface area contributed by atoms with Gasteiger partial charge in [-0.25, -0.2) is 14.4 Å². The first-order valence-electron chi connectivity index (χ1n) is 12.9. The molecule has 10 heteroatoms. The fourth-order valence-electron chi connectivity index (χ4n) is 4.59. The van der Waals surface area contributed by atoms with Gasteiger partial charge in [0.2, 0.25) is 5.88 Å². The van der Waals surface area contributed by atoms with E-state index in [2.05, 4.69) is 4.98 Å². The first-order chi connectivity index (χ1) is 19.9. The summed E-state index contributed by atoms with van der Waals surface area (Å²) in [5.74, 6) is 0.591. The molecule has 208 valence electrons. The molecule has 4 N–H and O–H groups in total. The van der Waals surface area contributed by atoms with E-state index in [4.69, 9.17) is 25.5 Å². The molecule has 5 rings (SSSR count). The Labute approximate surface area is 235 Å². The van der Waals surface area contributed by atoms with Gasteiger partial charge in [-0.2, -0.15) is 5.26 Å². The monoisotopic (exact) mass is 553 g/mol. The van der Waals surface area contributed by atoms with Crippen molar-refractivity contribution in [3.63, 3.8) is 0 Å². The second-order valence-electron chi connectivity index (χ2n) is 9.46. The van der Waals surface area contributed by atoms with E-state index in [1.54, 1.807) is 37.4 Å². The molecule has 0 fully saturated rings. The number of hydrogen-bond donors (Lipinski definition) is 3. The maximum atomic E-state index is 14.2. The number of halogens is 1. The third-order valence-electron chi connectivity index (χ3n) is 6.70. The van der Waals surface area contributed by atoms with E-state index in [1.165, 1.54) is 18.2 Å². The number of imidazole rings is 1. The van der Waals surface area contributed by atoms with Crippen LogP contribution in [0.1, 0.15) is 34.4 Å². The number of anilines is 1. The number of nitrogen functional groups attached to an aromatic ring is 1. The zero-order valence-corrected chi connectivity index (χ0v) is 22.3. The van der Waals surface area contributed by atoms with Gasteiger partial charge in [-0.3, -0.25) is 0 Å². The lowest BCUT2D eigenvalue weighted by Crippen LogP contribution is -2.09. The molecule has 0 atom stereocenters. The van der Waals surface area contributed by atoms with E-state index >= 15 is 0 Å². The van der Waals surface area contributed by atoms with Crippen molar-refractivity contribution in [2.24, 2.45) is 0 Å². The molecule has 3 aromatic carbocycles. The Hall–Kier alpha value is -4.82. The summed E-state index contributed by atoms with van der Waals surface area (Å²) in [7, 11) is 1.63. The predicted octanol–water partition coefficient (Wildman–Crippen LogP) is 4.49. The molecule has 0 saturated carbocycles. The molecule has 0 radical (unpaired) electrons. The number of benzene rings is 3. The summed E-state index contributed by atoms with van der Waals surface area (Å²) < 4.78 is 27.2. The highest BCUT2D eigenvalue weighted by atomic mass is 19.1. The summed E-state index contributed by atoms with van der Waals surface area (Å²) in [5, 5.41) is 28.2. The molecule has 0 saturated heterocycles. The fraction of sp³-hybridized carbons (Fsp3) is 0.194. The van der Waals surface area contributed by atoms with Crippen LogP contribution in [0, 0.1) is 17.1 Å². The number of nitrogens with zero attached hydrogens (tertiary/aromatic N) is 4.